The predicted molar refractivity (Wildman–Crippen MR) is 130 cm³/mol. The highest BCUT2D eigenvalue weighted by molar-refractivity contribution is 7.93. The van der Waals surface area contributed by atoms with Crippen molar-refractivity contribution in [3.63, 3.8) is 0 Å². The zero-order valence-electron chi connectivity index (χ0n) is 18.9. The Bertz CT molecular complexity index is 1280. The van der Waals surface area contributed by atoms with Crippen LogP contribution >= 0.6 is 11.3 Å². The number of methoxy groups -OCH3 is 1. The number of carbonyl (C=O) groups is 1. The molecule has 0 saturated heterocycles. The van der Waals surface area contributed by atoms with Gasteiger partial charge >= 0.3 is 0 Å². The van der Waals surface area contributed by atoms with Crippen LogP contribution in [0, 0.1) is 6.92 Å². The molecule has 10 heteroatoms. The van der Waals surface area contributed by atoms with E-state index >= 15 is 0 Å². The molecule has 2 aromatic heterocycles. The van der Waals surface area contributed by atoms with Gasteiger partial charge in [0.05, 0.1) is 23.5 Å². The van der Waals surface area contributed by atoms with E-state index in [1.54, 1.807) is 32.5 Å². The molecule has 2 heterocycles. The minimum absolute atomic E-state index is 0.237. The number of aryl methyl sites for hydroxylation is 1. The highest BCUT2D eigenvalue weighted by Crippen LogP contribution is 2.33. The third kappa shape index (κ3) is 5.01. The Morgan fingerprint density at radius 1 is 1.18 bits per heavy atom. The maximum absolute atomic E-state index is 13.0. The van der Waals surface area contributed by atoms with Gasteiger partial charge in [0.1, 0.15) is 0 Å². The van der Waals surface area contributed by atoms with Gasteiger partial charge in [0.2, 0.25) is 21.8 Å². The molecular formula is C23H26N4O4S2. The smallest absolute Gasteiger partial charge is 0.237 e. The van der Waals surface area contributed by atoms with E-state index < -0.39 is 15.4 Å². The lowest BCUT2D eigenvalue weighted by Crippen LogP contribution is -2.35. The summed E-state index contributed by atoms with van der Waals surface area (Å²) in [4.78, 5) is 21.7. The molecule has 0 atom stereocenters. The number of hydrogen-bond acceptors (Lipinski definition) is 7. The molecule has 1 saturated carbocycles. The van der Waals surface area contributed by atoms with Crippen LogP contribution < -0.4 is 14.8 Å². The summed E-state index contributed by atoms with van der Waals surface area (Å²) in [5, 5.41) is 4.59. The SMILES string of the molecule is COc1ncc(-c2ccc(NC(=O)C(C)(C)c3csc(NS(=O)(=O)C4CC4)n3)cc2)cc1C. The van der Waals surface area contributed by atoms with E-state index in [0.29, 0.717) is 30.1 Å². The van der Waals surface area contributed by atoms with Crippen LogP contribution in [0.3, 0.4) is 0 Å². The molecule has 33 heavy (non-hydrogen) atoms. The van der Waals surface area contributed by atoms with E-state index in [-0.39, 0.29) is 16.3 Å². The van der Waals surface area contributed by atoms with Gasteiger partial charge in [-0.15, -0.1) is 11.3 Å². The van der Waals surface area contributed by atoms with Crippen LogP contribution in [0.15, 0.2) is 41.9 Å². The van der Waals surface area contributed by atoms with Crippen molar-refractivity contribution in [1.82, 2.24) is 9.97 Å². The molecule has 4 rings (SSSR count). The number of hydrogen-bond donors (Lipinski definition) is 2. The van der Waals surface area contributed by atoms with Gasteiger partial charge in [0.15, 0.2) is 5.13 Å². The fourth-order valence-electron chi connectivity index (χ4n) is 3.27. The minimum atomic E-state index is -3.39. The van der Waals surface area contributed by atoms with Crippen molar-refractivity contribution in [2.45, 2.75) is 44.3 Å². The molecule has 1 amide bonds. The summed E-state index contributed by atoms with van der Waals surface area (Å²) in [5.41, 5.74) is 3.08. The highest BCUT2D eigenvalue weighted by atomic mass is 32.2. The number of aromatic nitrogens is 2. The van der Waals surface area contributed by atoms with Crippen molar-refractivity contribution in [1.29, 1.82) is 0 Å². The number of rotatable bonds is 8. The zero-order chi connectivity index (χ0) is 23.8. The molecule has 3 aromatic rings. The Hall–Kier alpha value is -2.98. The van der Waals surface area contributed by atoms with Gasteiger partial charge in [-0.1, -0.05) is 12.1 Å². The normalized spacial score (nSPS) is 14.1. The quantitative estimate of drug-likeness (QED) is 0.490. The fraction of sp³-hybridized carbons (Fsp3) is 0.348. The molecule has 8 nitrogen and oxygen atoms in total. The number of pyridine rings is 1. The molecular weight excluding hydrogens is 460 g/mol. The largest absolute Gasteiger partial charge is 0.481 e. The number of amides is 1. The maximum Gasteiger partial charge on any atom is 0.237 e. The van der Waals surface area contributed by atoms with E-state index in [1.165, 1.54) is 11.3 Å². The molecule has 1 aliphatic carbocycles. The second-order valence-electron chi connectivity index (χ2n) is 8.59. The zero-order valence-corrected chi connectivity index (χ0v) is 20.5. The van der Waals surface area contributed by atoms with E-state index in [9.17, 15) is 13.2 Å². The van der Waals surface area contributed by atoms with Crippen molar-refractivity contribution < 1.29 is 17.9 Å². The van der Waals surface area contributed by atoms with Crippen LogP contribution in [-0.4, -0.2) is 36.7 Å². The lowest BCUT2D eigenvalue weighted by atomic mass is 9.89. The van der Waals surface area contributed by atoms with Gasteiger partial charge in [-0.05, 0) is 57.4 Å². The molecule has 0 unspecified atom stereocenters. The van der Waals surface area contributed by atoms with Crippen molar-refractivity contribution >= 4 is 38.1 Å². The topological polar surface area (TPSA) is 110 Å². The summed E-state index contributed by atoms with van der Waals surface area (Å²) in [6, 6.07) is 9.50. The predicted octanol–water partition coefficient (Wildman–Crippen LogP) is 4.34. The highest BCUT2D eigenvalue weighted by Gasteiger charge is 2.37. The van der Waals surface area contributed by atoms with Gasteiger partial charge < -0.3 is 10.1 Å². The first-order valence-corrected chi connectivity index (χ1v) is 12.9. The lowest BCUT2D eigenvalue weighted by molar-refractivity contribution is -0.120. The number of sulfonamides is 1. The lowest BCUT2D eigenvalue weighted by Gasteiger charge is -2.21. The van der Waals surface area contributed by atoms with Gasteiger partial charge in [-0.3, -0.25) is 9.52 Å². The van der Waals surface area contributed by atoms with Crippen molar-refractivity contribution in [3.05, 3.63) is 53.2 Å². The molecule has 2 N–H and O–H groups in total. The summed E-state index contributed by atoms with van der Waals surface area (Å²) in [6.45, 7) is 5.46. The van der Waals surface area contributed by atoms with Gasteiger partial charge in [-0.2, -0.15) is 0 Å². The average molecular weight is 487 g/mol. The van der Waals surface area contributed by atoms with Crippen molar-refractivity contribution in [2.24, 2.45) is 0 Å². The molecule has 174 valence electrons. The molecule has 1 fully saturated rings. The van der Waals surface area contributed by atoms with Gasteiger partial charge in [-0.25, -0.2) is 18.4 Å². The Labute approximate surface area is 197 Å². The molecule has 0 aliphatic heterocycles. The van der Waals surface area contributed by atoms with Crippen LogP contribution in [0.4, 0.5) is 10.8 Å². The average Bonchev–Trinajstić information content (AvgIpc) is 3.54. The summed E-state index contributed by atoms with van der Waals surface area (Å²) in [6.07, 6.45) is 3.10. The van der Waals surface area contributed by atoms with Gasteiger partial charge in [0.25, 0.3) is 0 Å². The van der Waals surface area contributed by atoms with Crippen LogP contribution in [-0.2, 0) is 20.2 Å². The Morgan fingerprint density at radius 2 is 1.88 bits per heavy atom. The second-order valence-corrected chi connectivity index (χ2v) is 11.4. The monoisotopic (exact) mass is 486 g/mol. The third-order valence-electron chi connectivity index (χ3n) is 5.60. The first kappa shape index (κ1) is 23.2. The fourth-order valence-corrected chi connectivity index (χ4v) is 5.75. The Morgan fingerprint density at radius 3 is 2.48 bits per heavy atom. The molecule has 0 bridgehead atoms. The van der Waals surface area contributed by atoms with E-state index in [4.69, 9.17) is 4.74 Å². The molecule has 0 spiro atoms. The van der Waals surface area contributed by atoms with Crippen LogP contribution in [0.5, 0.6) is 5.88 Å². The Balaban J connectivity index is 1.44. The van der Waals surface area contributed by atoms with E-state index in [1.807, 2.05) is 37.3 Å². The first-order valence-electron chi connectivity index (χ1n) is 10.5. The maximum atomic E-state index is 13.0. The standard InChI is InChI=1S/C23H26N4O4S2/c1-14-11-16(12-24-20(14)31-4)15-5-7-17(8-6-15)25-21(28)23(2,3)19-13-32-22(26-19)27-33(29,30)18-9-10-18/h5-8,11-13,18H,9-10H2,1-4H3,(H,25,28)(H,26,27). The summed E-state index contributed by atoms with van der Waals surface area (Å²) < 4.78 is 32.0. The van der Waals surface area contributed by atoms with Crippen LogP contribution in [0.25, 0.3) is 11.1 Å². The number of benzene rings is 1. The number of ether oxygens (including phenoxy) is 1. The number of anilines is 2. The molecule has 0 radical (unpaired) electrons. The minimum Gasteiger partial charge on any atom is -0.481 e. The number of thiazole rings is 1. The first-order chi connectivity index (χ1) is 15.6. The van der Waals surface area contributed by atoms with Crippen LogP contribution in [0.1, 0.15) is 37.9 Å². The van der Waals surface area contributed by atoms with Crippen molar-refractivity contribution in [2.75, 3.05) is 17.1 Å². The Kier molecular flexibility index (Phi) is 6.15. The molecule has 1 aromatic carbocycles. The van der Waals surface area contributed by atoms with E-state index in [2.05, 4.69) is 20.0 Å². The number of nitrogens with zero attached hydrogens (tertiary/aromatic N) is 2. The summed E-state index contributed by atoms with van der Waals surface area (Å²) in [7, 11) is -1.80. The third-order valence-corrected chi connectivity index (χ3v) is 8.32. The number of carbonyl (C=O) groups excluding carboxylic acids is 1. The van der Waals surface area contributed by atoms with Crippen molar-refractivity contribution in [3.8, 4) is 17.0 Å². The second kappa shape index (κ2) is 8.75. The van der Waals surface area contributed by atoms with Crippen LogP contribution in [0.2, 0.25) is 0 Å². The van der Waals surface area contributed by atoms with E-state index in [0.717, 1.165) is 16.7 Å². The van der Waals surface area contributed by atoms with Gasteiger partial charge in [0, 0.05) is 28.4 Å². The molecule has 1 aliphatic rings. The summed E-state index contributed by atoms with van der Waals surface area (Å²) in [5.74, 6) is 0.356. The summed E-state index contributed by atoms with van der Waals surface area (Å²) >= 11 is 1.18. The number of nitrogens with one attached hydrogen (secondary N) is 2.